The number of aliphatic hydroxyl groups excluding tert-OH is 11. The van der Waals surface area contributed by atoms with E-state index in [-0.39, 0.29) is 18.9 Å². The minimum absolute atomic E-state index is 0.248. The van der Waals surface area contributed by atoms with Crippen LogP contribution in [0.5, 0.6) is 0 Å². The molecule has 17 unspecified atom stereocenters. The van der Waals surface area contributed by atoms with Crippen molar-refractivity contribution in [3.8, 4) is 0 Å². The molecule has 17 atom stereocenters. The Kier molecular flexibility index (Phi) is 45.3. The fourth-order valence-corrected chi connectivity index (χ4v) is 11.3. The van der Waals surface area contributed by atoms with E-state index in [9.17, 15) is 61.0 Å². The van der Waals surface area contributed by atoms with Crippen molar-refractivity contribution < 1.29 is 89.4 Å². The highest BCUT2D eigenvalue weighted by atomic mass is 16.8. The van der Waals surface area contributed by atoms with E-state index < -0.39 is 124 Å². The lowest BCUT2D eigenvalue weighted by molar-refractivity contribution is -0.379. The summed E-state index contributed by atoms with van der Waals surface area (Å²) in [6.07, 6.45) is 32.9. The lowest BCUT2D eigenvalue weighted by Crippen LogP contribution is -2.66. The zero-order valence-electron chi connectivity index (χ0n) is 53.2. The van der Waals surface area contributed by atoms with Crippen LogP contribution in [-0.4, -0.2) is 193 Å². The zero-order valence-corrected chi connectivity index (χ0v) is 53.2. The number of allylic oxidation sites excluding steroid dienone is 10. The Morgan fingerprint density at radius 2 is 0.793 bits per heavy atom. The fourth-order valence-electron chi connectivity index (χ4n) is 11.3. The average molecular weight is 1240 g/mol. The maximum atomic E-state index is 13.4. The van der Waals surface area contributed by atoms with E-state index in [1.807, 2.05) is 0 Å². The molecule has 0 aromatic carbocycles. The van der Waals surface area contributed by atoms with Crippen molar-refractivity contribution in [2.45, 2.75) is 336 Å². The summed E-state index contributed by atoms with van der Waals surface area (Å²) < 4.78 is 34.4. The number of carbonyl (C=O) groups excluding carboxylic acids is 1. The van der Waals surface area contributed by atoms with Crippen LogP contribution < -0.4 is 5.32 Å². The number of amides is 1. The van der Waals surface area contributed by atoms with Crippen molar-refractivity contribution in [2.24, 2.45) is 0 Å². The number of carbonyl (C=O) groups is 1. The van der Waals surface area contributed by atoms with E-state index in [1.165, 1.54) is 116 Å². The standard InChI is InChI=1S/C68H121NO18/c1-3-5-7-9-11-13-15-17-19-20-21-22-23-24-25-26-27-28-29-30-32-34-36-38-40-42-44-46-56(74)69-51(52(73)45-43-41-39-37-35-33-31-18-16-14-12-10-8-6-4-2)50-82-66-62(80)59(77)64(54(48-71)84-66)87-68-63(81)60(78)65(55(49-72)85-68)86-67-61(79)58(76)57(75)53(47-70)83-67/h5,7,11,13,17,19,21-22,24-25,51-55,57-68,70-73,75-81H,3-4,6,8-10,12,14-16,18,20,23,26-50H2,1-2H3,(H,69,74)/b7-5-,13-11-,19-17-,22-21-,25-24-. The zero-order chi connectivity index (χ0) is 63.3. The van der Waals surface area contributed by atoms with Crippen LogP contribution in [0, 0.1) is 0 Å². The van der Waals surface area contributed by atoms with Gasteiger partial charge in [-0.3, -0.25) is 4.79 Å². The largest absolute Gasteiger partial charge is 0.394 e. The Hall–Kier alpha value is -2.51. The van der Waals surface area contributed by atoms with E-state index in [0.717, 1.165) is 83.5 Å². The summed E-state index contributed by atoms with van der Waals surface area (Å²) in [7, 11) is 0. The predicted molar refractivity (Wildman–Crippen MR) is 337 cm³/mol. The Morgan fingerprint density at radius 1 is 0.425 bits per heavy atom. The predicted octanol–water partition coefficient (Wildman–Crippen LogP) is 8.38. The first-order valence-corrected chi connectivity index (χ1v) is 34.0. The third kappa shape index (κ3) is 32.6. The first-order valence-electron chi connectivity index (χ1n) is 34.0. The van der Waals surface area contributed by atoms with Crippen LogP contribution in [0.1, 0.15) is 232 Å². The smallest absolute Gasteiger partial charge is 0.220 e. The fraction of sp³-hybridized carbons (Fsp3) is 0.838. The van der Waals surface area contributed by atoms with Crippen LogP contribution in [-0.2, 0) is 33.2 Å². The third-order valence-corrected chi connectivity index (χ3v) is 16.9. The maximum absolute atomic E-state index is 13.4. The summed E-state index contributed by atoms with van der Waals surface area (Å²) in [5.74, 6) is -0.248. The quantitative estimate of drug-likeness (QED) is 0.0201. The van der Waals surface area contributed by atoms with E-state index >= 15 is 0 Å². The van der Waals surface area contributed by atoms with E-state index in [0.29, 0.717) is 12.8 Å². The van der Waals surface area contributed by atoms with Gasteiger partial charge in [0, 0.05) is 6.42 Å². The molecule has 3 aliphatic rings. The number of rotatable bonds is 51. The first kappa shape index (κ1) is 78.7. The van der Waals surface area contributed by atoms with Crippen molar-refractivity contribution in [1.29, 1.82) is 0 Å². The monoisotopic (exact) mass is 1240 g/mol. The van der Waals surface area contributed by atoms with Crippen molar-refractivity contribution in [3.05, 3.63) is 60.8 Å². The molecule has 3 rings (SSSR count). The van der Waals surface area contributed by atoms with Gasteiger partial charge in [-0.2, -0.15) is 0 Å². The lowest BCUT2D eigenvalue weighted by atomic mass is 9.96. The summed E-state index contributed by atoms with van der Waals surface area (Å²) in [4.78, 5) is 13.4. The molecule has 3 aliphatic heterocycles. The highest BCUT2D eigenvalue weighted by Gasteiger charge is 2.53. The summed E-state index contributed by atoms with van der Waals surface area (Å²) in [5, 5.41) is 121. The van der Waals surface area contributed by atoms with E-state index in [2.05, 4.69) is 79.9 Å². The summed E-state index contributed by atoms with van der Waals surface area (Å²) >= 11 is 0. The van der Waals surface area contributed by atoms with Gasteiger partial charge in [0.2, 0.25) is 5.91 Å². The molecule has 0 spiro atoms. The molecule has 3 saturated heterocycles. The van der Waals surface area contributed by atoms with Crippen LogP contribution in [0.15, 0.2) is 60.8 Å². The molecule has 0 radical (unpaired) electrons. The highest BCUT2D eigenvalue weighted by molar-refractivity contribution is 5.76. The van der Waals surface area contributed by atoms with Gasteiger partial charge in [-0.1, -0.05) is 229 Å². The second-order valence-electron chi connectivity index (χ2n) is 24.3. The van der Waals surface area contributed by atoms with Gasteiger partial charge in [-0.05, 0) is 57.8 Å². The third-order valence-electron chi connectivity index (χ3n) is 16.9. The molecule has 87 heavy (non-hydrogen) atoms. The normalized spacial score (nSPS) is 29.0. The molecule has 506 valence electrons. The Morgan fingerprint density at radius 3 is 1.24 bits per heavy atom. The van der Waals surface area contributed by atoms with Crippen molar-refractivity contribution >= 4 is 5.91 Å². The van der Waals surface area contributed by atoms with Crippen LogP contribution in [0.2, 0.25) is 0 Å². The number of unbranched alkanes of at least 4 members (excludes halogenated alkanes) is 25. The van der Waals surface area contributed by atoms with Gasteiger partial charge in [0.1, 0.15) is 73.2 Å². The maximum Gasteiger partial charge on any atom is 0.220 e. The number of aliphatic hydroxyl groups is 11. The SMILES string of the molecule is CC/C=C\C/C=C\C/C=C\C/C=C\C/C=C\CCCCCCCCCCCCCC(=O)NC(COC1OC(CO)C(OC2OC(CO)C(OC3OC(CO)C(O)C(O)C3O)C(O)C2O)C(O)C1O)C(O)CCCCCCCCCCCCCCCCC. The molecule has 12 N–H and O–H groups in total. The molecule has 0 aliphatic carbocycles. The van der Waals surface area contributed by atoms with Crippen LogP contribution in [0.3, 0.4) is 0 Å². The van der Waals surface area contributed by atoms with Gasteiger partial charge in [-0.15, -0.1) is 0 Å². The van der Waals surface area contributed by atoms with Gasteiger partial charge in [0.25, 0.3) is 0 Å². The number of hydrogen-bond donors (Lipinski definition) is 12. The molecule has 0 bridgehead atoms. The minimum atomic E-state index is -1.97. The minimum Gasteiger partial charge on any atom is -0.394 e. The molecule has 0 aromatic rings. The first-order chi connectivity index (χ1) is 42.3. The van der Waals surface area contributed by atoms with E-state index in [1.54, 1.807) is 0 Å². The van der Waals surface area contributed by atoms with Gasteiger partial charge >= 0.3 is 0 Å². The van der Waals surface area contributed by atoms with Crippen LogP contribution in [0.25, 0.3) is 0 Å². The highest BCUT2D eigenvalue weighted by Crippen LogP contribution is 2.33. The van der Waals surface area contributed by atoms with Crippen molar-refractivity contribution in [3.63, 3.8) is 0 Å². The van der Waals surface area contributed by atoms with E-state index in [4.69, 9.17) is 28.4 Å². The second-order valence-corrected chi connectivity index (χ2v) is 24.3. The Bertz CT molecular complexity index is 1820. The number of hydrogen-bond acceptors (Lipinski definition) is 18. The topological polar surface area (TPSA) is 307 Å². The average Bonchev–Trinajstić information content (AvgIpc) is 1.10. The molecule has 0 aromatic heterocycles. The molecular weight excluding hydrogens is 1120 g/mol. The number of nitrogens with one attached hydrogen (secondary N) is 1. The van der Waals surface area contributed by atoms with Gasteiger partial charge < -0.3 is 89.9 Å². The van der Waals surface area contributed by atoms with Crippen molar-refractivity contribution in [2.75, 3.05) is 26.4 Å². The Balaban J connectivity index is 1.42. The van der Waals surface area contributed by atoms with Crippen LogP contribution in [0.4, 0.5) is 0 Å². The van der Waals surface area contributed by atoms with Crippen LogP contribution >= 0.6 is 0 Å². The summed E-state index contributed by atoms with van der Waals surface area (Å²) in [6.45, 7) is 1.68. The van der Waals surface area contributed by atoms with Gasteiger partial charge in [0.15, 0.2) is 18.9 Å². The molecule has 0 saturated carbocycles. The van der Waals surface area contributed by atoms with Gasteiger partial charge in [-0.25, -0.2) is 0 Å². The molecule has 19 nitrogen and oxygen atoms in total. The molecule has 3 heterocycles. The molecular formula is C68H121NO18. The summed E-state index contributed by atoms with van der Waals surface area (Å²) in [6, 6.07) is -0.891. The second kappa shape index (κ2) is 50.1. The molecule has 3 fully saturated rings. The van der Waals surface area contributed by atoms with Gasteiger partial charge in [0.05, 0.1) is 38.6 Å². The number of ether oxygens (including phenoxy) is 6. The Labute approximate surface area is 522 Å². The molecule has 1 amide bonds. The molecule has 19 heteroatoms. The lowest BCUT2D eigenvalue weighted by Gasteiger charge is -2.48. The summed E-state index contributed by atoms with van der Waals surface area (Å²) in [5.41, 5.74) is 0. The van der Waals surface area contributed by atoms with Crippen molar-refractivity contribution in [1.82, 2.24) is 5.32 Å².